The quantitative estimate of drug-likeness (QED) is 0.695. The van der Waals surface area contributed by atoms with Crippen molar-refractivity contribution in [2.24, 2.45) is 0 Å². The van der Waals surface area contributed by atoms with Crippen molar-refractivity contribution in [3.05, 3.63) is 13.4 Å². The Morgan fingerprint density at radius 3 is 2.24 bits per heavy atom. The monoisotopic (exact) mass is 413 g/mol. The van der Waals surface area contributed by atoms with E-state index in [1.54, 1.807) is 34.4 Å². The number of nitrogens with zero attached hydrogens (tertiary/aromatic N) is 3. The van der Waals surface area contributed by atoms with Crippen LogP contribution in [0.5, 0.6) is 0 Å². The molecule has 0 atom stereocenters. The summed E-state index contributed by atoms with van der Waals surface area (Å²) in [5.41, 5.74) is 0.0561. The maximum Gasteiger partial charge on any atom is 0.181 e. The molecule has 0 radical (unpaired) electrons. The molecule has 0 aliphatic rings. The zero-order valence-corrected chi connectivity index (χ0v) is 14.9. The molecule has 0 aliphatic heterocycles. The highest BCUT2D eigenvalue weighted by atomic mass is 79.9. The Balaban J connectivity index is 2.17. The zero-order valence-electron chi connectivity index (χ0n) is 9.32. The number of rotatable bonds is 2. The normalized spacial score (nSPS) is 12.1. The summed E-state index contributed by atoms with van der Waals surface area (Å²) < 4.78 is 3.73. The van der Waals surface area contributed by atoms with E-state index in [1.807, 2.05) is 0 Å². The van der Waals surface area contributed by atoms with Gasteiger partial charge in [0.15, 0.2) is 8.68 Å². The van der Waals surface area contributed by atoms with Crippen LogP contribution in [0, 0.1) is 0 Å². The molecule has 8 heteroatoms. The molecule has 0 aliphatic carbocycles. The van der Waals surface area contributed by atoms with Gasteiger partial charge in [0, 0.05) is 5.41 Å². The molecule has 0 fully saturated rings. The van der Waals surface area contributed by atoms with Crippen LogP contribution in [0.25, 0.3) is 0 Å². The Hall–Kier alpha value is 0.500. The molecule has 0 unspecified atom stereocenters. The third-order valence-corrected chi connectivity index (χ3v) is 7.29. The molecule has 0 amide bonds. The fourth-order valence-electron chi connectivity index (χ4n) is 0.938. The summed E-state index contributed by atoms with van der Waals surface area (Å²) in [6.07, 6.45) is 0. The van der Waals surface area contributed by atoms with Crippen LogP contribution in [0.3, 0.4) is 0 Å². The van der Waals surface area contributed by atoms with Gasteiger partial charge in [-0.1, -0.05) is 43.4 Å². The van der Waals surface area contributed by atoms with Gasteiger partial charge in [-0.2, -0.15) is 0 Å². The first-order valence-electron chi connectivity index (χ1n) is 4.70. The van der Waals surface area contributed by atoms with Gasteiger partial charge in [0.1, 0.15) is 13.4 Å². The topological polar surface area (TPSA) is 38.7 Å². The van der Waals surface area contributed by atoms with Crippen molar-refractivity contribution in [1.29, 1.82) is 0 Å². The number of hydrogen-bond donors (Lipinski definition) is 0. The molecule has 92 valence electrons. The smallest absolute Gasteiger partial charge is 0.181 e. The first kappa shape index (κ1) is 13.9. The van der Waals surface area contributed by atoms with Gasteiger partial charge < -0.3 is 0 Å². The summed E-state index contributed by atoms with van der Waals surface area (Å²) in [5.74, 6) is 0. The van der Waals surface area contributed by atoms with E-state index in [2.05, 4.69) is 67.8 Å². The lowest BCUT2D eigenvalue weighted by atomic mass is 9.98. The Bertz CT molecular complexity index is 510. The second-order valence-electron chi connectivity index (χ2n) is 4.27. The molecule has 0 saturated heterocycles. The summed E-state index contributed by atoms with van der Waals surface area (Å²) >= 11 is 11.6. The molecular weight excluding hydrogens is 406 g/mol. The molecule has 0 saturated carbocycles. The standard InChI is InChI=1S/C9H9Br2N3S3/c1-9(2,3)6-13-14-8(16-6)17-7-12-4(10)5(11)15-7/h1-3H3. The minimum absolute atomic E-state index is 0.0561. The molecule has 0 N–H and O–H groups in total. The van der Waals surface area contributed by atoms with Crippen molar-refractivity contribution in [3.8, 4) is 0 Å². The Labute approximate surface area is 129 Å². The van der Waals surface area contributed by atoms with E-state index < -0.39 is 0 Å². The number of hydrogen-bond acceptors (Lipinski definition) is 6. The molecule has 17 heavy (non-hydrogen) atoms. The minimum atomic E-state index is 0.0561. The summed E-state index contributed by atoms with van der Waals surface area (Å²) in [5, 5.41) is 9.45. The predicted molar refractivity (Wildman–Crippen MR) is 80.2 cm³/mol. The summed E-state index contributed by atoms with van der Waals surface area (Å²) in [4.78, 5) is 4.37. The van der Waals surface area contributed by atoms with Gasteiger partial charge in [0.2, 0.25) is 0 Å². The summed E-state index contributed by atoms with van der Waals surface area (Å²) in [6, 6.07) is 0. The Kier molecular flexibility index (Phi) is 4.29. The van der Waals surface area contributed by atoms with E-state index in [0.29, 0.717) is 0 Å². The second-order valence-corrected chi connectivity index (χ2v) is 9.81. The molecule has 2 rings (SSSR count). The van der Waals surface area contributed by atoms with Gasteiger partial charge in [-0.15, -0.1) is 10.2 Å². The van der Waals surface area contributed by atoms with E-state index >= 15 is 0 Å². The van der Waals surface area contributed by atoms with E-state index in [4.69, 9.17) is 0 Å². The molecule has 2 aromatic heterocycles. The third kappa shape index (κ3) is 3.50. The summed E-state index contributed by atoms with van der Waals surface area (Å²) in [7, 11) is 0. The van der Waals surface area contributed by atoms with Gasteiger partial charge in [0.05, 0.1) is 0 Å². The second kappa shape index (κ2) is 5.24. The van der Waals surface area contributed by atoms with Crippen molar-refractivity contribution in [2.75, 3.05) is 0 Å². The molecule has 2 heterocycles. The van der Waals surface area contributed by atoms with Crippen LogP contribution in [0.1, 0.15) is 25.8 Å². The van der Waals surface area contributed by atoms with E-state index in [0.717, 1.165) is 22.1 Å². The van der Waals surface area contributed by atoms with Crippen LogP contribution < -0.4 is 0 Å². The number of thiazole rings is 1. The molecule has 3 nitrogen and oxygen atoms in total. The lowest BCUT2D eigenvalue weighted by molar-refractivity contribution is 0.577. The predicted octanol–water partition coefficient (Wildman–Crippen LogP) is 4.97. The first-order chi connectivity index (χ1) is 7.86. The van der Waals surface area contributed by atoms with Crippen LogP contribution in [-0.4, -0.2) is 15.2 Å². The van der Waals surface area contributed by atoms with Crippen LogP contribution >= 0.6 is 66.3 Å². The highest BCUT2D eigenvalue weighted by Gasteiger charge is 2.20. The molecule has 0 aromatic carbocycles. The van der Waals surface area contributed by atoms with Crippen molar-refractivity contribution >= 4 is 66.3 Å². The van der Waals surface area contributed by atoms with Gasteiger partial charge >= 0.3 is 0 Å². The van der Waals surface area contributed by atoms with Gasteiger partial charge in [-0.05, 0) is 43.6 Å². The van der Waals surface area contributed by atoms with Crippen molar-refractivity contribution in [3.63, 3.8) is 0 Å². The molecule has 2 aromatic rings. The average Bonchev–Trinajstić information content (AvgIpc) is 2.75. The number of aromatic nitrogens is 3. The van der Waals surface area contributed by atoms with Crippen LogP contribution in [0.4, 0.5) is 0 Å². The van der Waals surface area contributed by atoms with Gasteiger partial charge in [0.25, 0.3) is 0 Å². The molecule has 0 bridgehead atoms. The van der Waals surface area contributed by atoms with Crippen molar-refractivity contribution < 1.29 is 0 Å². The van der Waals surface area contributed by atoms with Crippen LogP contribution in [-0.2, 0) is 5.41 Å². The third-order valence-electron chi connectivity index (χ3n) is 1.75. The van der Waals surface area contributed by atoms with Crippen LogP contribution in [0.2, 0.25) is 0 Å². The lowest BCUT2D eigenvalue weighted by Crippen LogP contribution is -2.10. The lowest BCUT2D eigenvalue weighted by Gasteiger charge is -2.12. The zero-order chi connectivity index (χ0) is 12.6. The Morgan fingerprint density at radius 2 is 1.76 bits per heavy atom. The van der Waals surface area contributed by atoms with Crippen molar-refractivity contribution in [1.82, 2.24) is 15.2 Å². The van der Waals surface area contributed by atoms with E-state index in [1.165, 1.54) is 0 Å². The van der Waals surface area contributed by atoms with E-state index in [9.17, 15) is 0 Å². The van der Waals surface area contributed by atoms with Crippen molar-refractivity contribution in [2.45, 2.75) is 34.9 Å². The Morgan fingerprint density at radius 1 is 1.06 bits per heavy atom. The highest BCUT2D eigenvalue weighted by molar-refractivity contribution is 9.13. The average molecular weight is 415 g/mol. The largest absolute Gasteiger partial charge is 0.221 e. The van der Waals surface area contributed by atoms with Gasteiger partial charge in [-0.3, -0.25) is 0 Å². The minimum Gasteiger partial charge on any atom is -0.221 e. The fourth-order valence-corrected chi connectivity index (χ4v) is 5.34. The number of halogens is 2. The van der Waals surface area contributed by atoms with E-state index in [-0.39, 0.29) is 5.41 Å². The molecular formula is C9H9Br2N3S3. The SMILES string of the molecule is CC(C)(C)c1nnc(Sc2nc(Br)c(Br)s2)s1. The fraction of sp³-hybridized carbons (Fsp3) is 0.444. The van der Waals surface area contributed by atoms with Crippen LogP contribution in [0.15, 0.2) is 17.1 Å². The first-order valence-corrected chi connectivity index (χ1v) is 8.73. The molecule has 0 spiro atoms. The summed E-state index contributed by atoms with van der Waals surface area (Å²) in [6.45, 7) is 6.41. The van der Waals surface area contributed by atoms with Gasteiger partial charge in [-0.25, -0.2) is 4.98 Å². The maximum absolute atomic E-state index is 4.37. The maximum atomic E-state index is 4.37. The highest BCUT2D eigenvalue weighted by Crippen LogP contribution is 2.39.